The van der Waals surface area contributed by atoms with E-state index < -0.39 is 0 Å². The molecule has 0 saturated carbocycles. The van der Waals surface area contributed by atoms with E-state index in [0.717, 1.165) is 6.54 Å². The lowest BCUT2D eigenvalue weighted by molar-refractivity contribution is 0.291. The summed E-state index contributed by atoms with van der Waals surface area (Å²) in [5.41, 5.74) is 4.56. The summed E-state index contributed by atoms with van der Waals surface area (Å²) >= 11 is 13.9. The number of fused-ring (bicyclic) bond motifs is 1. The third kappa shape index (κ3) is 2.32. The van der Waals surface area contributed by atoms with Crippen LogP contribution in [0.5, 0.6) is 0 Å². The highest BCUT2D eigenvalue weighted by Gasteiger charge is 2.18. The number of hydrogen-bond acceptors (Lipinski definition) is 3. The fourth-order valence-corrected chi connectivity index (χ4v) is 3.77. The molecule has 0 bridgehead atoms. The molecule has 5 heteroatoms. The molecule has 90 valence electrons. The predicted octanol–water partition coefficient (Wildman–Crippen LogP) is 3.72. The summed E-state index contributed by atoms with van der Waals surface area (Å²) in [6, 6.07) is 2.30. The Labute approximate surface area is 114 Å². The van der Waals surface area contributed by atoms with Crippen LogP contribution in [0.4, 0.5) is 0 Å². The number of rotatable bonds is 2. The monoisotopic (exact) mass is 286 g/mol. The lowest BCUT2D eigenvalue weighted by Gasteiger charge is -2.26. The van der Waals surface area contributed by atoms with E-state index >= 15 is 0 Å². The second kappa shape index (κ2) is 4.56. The molecule has 0 amide bonds. The van der Waals surface area contributed by atoms with Crippen LogP contribution in [0.25, 0.3) is 0 Å². The van der Waals surface area contributed by atoms with Crippen molar-refractivity contribution >= 4 is 34.5 Å². The minimum absolute atomic E-state index is 0.596. The summed E-state index contributed by atoms with van der Waals surface area (Å²) in [5, 5.41) is 3.13. The first-order valence-electron chi connectivity index (χ1n) is 5.60. The van der Waals surface area contributed by atoms with Crippen LogP contribution in [0.1, 0.15) is 21.7 Å². The fraction of sp³-hybridized carbons (Fsp3) is 0.333. The average Bonchev–Trinajstić information content (AvgIpc) is 2.83. The molecular formula is C12H12Cl2N2S. The van der Waals surface area contributed by atoms with Gasteiger partial charge in [0.1, 0.15) is 10.3 Å². The standard InChI is InChI=1S/C12H12Cl2N2S/c13-11-4-5-12(14)16(15-11)7-9-6-8-2-1-3-10(8)17-9/h4-6,15H,1-3,7H2. The molecule has 1 aliphatic heterocycles. The number of allylic oxidation sites excluding steroid dienone is 2. The van der Waals surface area contributed by atoms with E-state index in [1.807, 2.05) is 22.4 Å². The highest BCUT2D eigenvalue weighted by Crippen LogP contribution is 2.32. The van der Waals surface area contributed by atoms with Gasteiger partial charge in [-0.1, -0.05) is 23.2 Å². The van der Waals surface area contributed by atoms with Crippen molar-refractivity contribution in [3.05, 3.63) is 43.8 Å². The van der Waals surface area contributed by atoms with Crippen molar-refractivity contribution in [2.45, 2.75) is 25.8 Å². The maximum absolute atomic E-state index is 6.12. The highest BCUT2D eigenvalue weighted by atomic mass is 35.5. The maximum Gasteiger partial charge on any atom is 0.123 e. The van der Waals surface area contributed by atoms with Gasteiger partial charge < -0.3 is 0 Å². The third-order valence-electron chi connectivity index (χ3n) is 2.98. The quantitative estimate of drug-likeness (QED) is 0.834. The number of nitrogens with one attached hydrogen (secondary N) is 1. The van der Waals surface area contributed by atoms with Gasteiger partial charge in [-0.05, 0) is 43.0 Å². The van der Waals surface area contributed by atoms with Crippen LogP contribution >= 0.6 is 34.5 Å². The van der Waals surface area contributed by atoms with Crippen LogP contribution in [0, 0.1) is 0 Å². The maximum atomic E-state index is 6.12. The molecule has 2 aliphatic rings. The molecule has 0 saturated heterocycles. The van der Waals surface area contributed by atoms with Crippen LogP contribution in [-0.2, 0) is 19.4 Å². The zero-order chi connectivity index (χ0) is 11.8. The molecule has 1 aliphatic carbocycles. The molecule has 0 aromatic carbocycles. The van der Waals surface area contributed by atoms with Crippen molar-refractivity contribution in [2.24, 2.45) is 0 Å². The summed E-state index contributed by atoms with van der Waals surface area (Å²) in [6.07, 6.45) is 7.33. The van der Waals surface area contributed by atoms with Crippen LogP contribution in [0.15, 0.2) is 28.5 Å². The molecule has 0 spiro atoms. The molecule has 2 heterocycles. The molecular weight excluding hydrogens is 275 g/mol. The molecule has 0 fully saturated rings. The number of hydrogen-bond donors (Lipinski definition) is 1. The average molecular weight is 287 g/mol. The summed E-state index contributed by atoms with van der Waals surface area (Å²) in [5.74, 6) is 0. The van der Waals surface area contributed by atoms with Gasteiger partial charge in [0, 0.05) is 9.75 Å². The molecule has 0 radical (unpaired) electrons. The van der Waals surface area contributed by atoms with E-state index in [1.165, 1.54) is 29.7 Å². The third-order valence-corrected chi connectivity index (χ3v) is 4.74. The Morgan fingerprint density at radius 1 is 1.29 bits per heavy atom. The van der Waals surface area contributed by atoms with E-state index in [4.69, 9.17) is 23.2 Å². The largest absolute Gasteiger partial charge is 0.286 e. The smallest absolute Gasteiger partial charge is 0.123 e. The second-order valence-electron chi connectivity index (χ2n) is 4.22. The van der Waals surface area contributed by atoms with Crippen LogP contribution in [0.2, 0.25) is 0 Å². The van der Waals surface area contributed by atoms with E-state index in [9.17, 15) is 0 Å². The Morgan fingerprint density at radius 3 is 3.00 bits per heavy atom. The number of halogens is 2. The zero-order valence-corrected chi connectivity index (χ0v) is 11.5. The van der Waals surface area contributed by atoms with Gasteiger partial charge in [0.05, 0.1) is 6.54 Å². The summed E-state index contributed by atoms with van der Waals surface area (Å²) < 4.78 is 0. The van der Waals surface area contributed by atoms with Gasteiger partial charge in [-0.25, -0.2) is 0 Å². The summed E-state index contributed by atoms with van der Waals surface area (Å²) in [6.45, 7) is 0.761. The minimum atomic E-state index is 0.596. The van der Waals surface area contributed by atoms with Gasteiger partial charge in [0.15, 0.2) is 0 Å². The molecule has 17 heavy (non-hydrogen) atoms. The van der Waals surface area contributed by atoms with E-state index in [-0.39, 0.29) is 0 Å². The van der Waals surface area contributed by atoms with Crippen LogP contribution in [0.3, 0.4) is 0 Å². The van der Waals surface area contributed by atoms with E-state index in [1.54, 1.807) is 11.0 Å². The molecule has 1 aromatic heterocycles. The van der Waals surface area contributed by atoms with Gasteiger partial charge in [-0.3, -0.25) is 10.4 Å². The normalized spacial score (nSPS) is 18.6. The molecule has 0 unspecified atom stereocenters. The molecule has 0 atom stereocenters. The lowest BCUT2D eigenvalue weighted by Crippen LogP contribution is -2.34. The molecule has 1 aromatic rings. The van der Waals surface area contributed by atoms with Crippen molar-refractivity contribution in [2.75, 3.05) is 0 Å². The lowest BCUT2D eigenvalue weighted by atomic mass is 10.2. The van der Waals surface area contributed by atoms with E-state index in [2.05, 4.69) is 11.5 Å². The zero-order valence-electron chi connectivity index (χ0n) is 9.17. The SMILES string of the molecule is ClC1=CC=C(Cl)N(Cc2cc3c(s2)CCC3)N1. The second-order valence-corrected chi connectivity index (χ2v) is 6.23. The minimum Gasteiger partial charge on any atom is -0.286 e. The van der Waals surface area contributed by atoms with Crippen molar-refractivity contribution in [3.8, 4) is 0 Å². The van der Waals surface area contributed by atoms with Gasteiger partial charge in [-0.2, -0.15) is 0 Å². The van der Waals surface area contributed by atoms with Crippen molar-refractivity contribution in [1.82, 2.24) is 10.4 Å². The molecule has 1 N–H and O–H groups in total. The fourth-order valence-electron chi connectivity index (χ4n) is 2.19. The Morgan fingerprint density at radius 2 is 2.18 bits per heavy atom. The Kier molecular flexibility index (Phi) is 3.07. The number of nitrogens with zero attached hydrogens (tertiary/aromatic N) is 1. The summed E-state index contributed by atoms with van der Waals surface area (Å²) in [4.78, 5) is 2.87. The van der Waals surface area contributed by atoms with E-state index in [0.29, 0.717) is 10.3 Å². The van der Waals surface area contributed by atoms with Crippen molar-refractivity contribution in [3.63, 3.8) is 0 Å². The highest BCUT2D eigenvalue weighted by molar-refractivity contribution is 7.12. The summed E-state index contributed by atoms with van der Waals surface area (Å²) in [7, 11) is 0. The number of thiophene rings is 1. The first-order chi connectivity index (χ1) is 8.22. The first kappa shape index (κ1) is 11.5. The van der Waals surface area contributed by atoms with Gasteiger partial charge in [-0.15, -0.1) is 11.3 Å². The Hall–Kier alpha value is -0.640. The molecule has 2 nitrogen and oxygen atoms in total. The van der Waals surface area contributed by atoms with Crippen LogP contribution < -0.4 is 5.43 Å². The number of aryl methyl sites for hydroxylation is 2. The Balaban J connectivity index is 1.75. The predicted molar refractivity (Wildman–Crippen MR) is 72.9 cm³/mol. The molecule has 3 rings (SSSR count). The van der Waals surface area contributed by atoms with Gasteiger partial charge in [0.25, 0.3) is 0 Å². The Bertz CT molecular complexity index is 483. The topological polar surface area (TPSA) is 15.3 Å². The number of hydrazine groups is 1. The van der Waals surface area contributed by atoms with Crippen LogP contribution in [-0.4, -0.2) is 5.01 Å². The van der Waals surface area contributed by atoms with Gasteiger partial charge in [0.2, 0.25) is 0 Å². The first-order valence-corrected chi connectivity index (χ1v) is 7.17. The van der Waals surface area contributed by atoms with Crippen molar-refractivity contribution < 1.29 is 0 Å². The van der Waals surface area contributed by atoms with Gasteiger partial charge >= 0.3 is 0 Å². The van der Waals surface area contributed by atoms with Crippen molar-refractivity contribution in [1.29, 1.82) is 0 Å².